The molecule has 1 rings (SSSR count). The lowest BCUT2D eigenvalue weighted by Gasteiger charge is -2.17. The zero-order valence-electron chi connectivity index (χ0n) is 11.9. The molecule has 0 aliphatic carbocycles. The average Bonchev–Trinajstić information content (AvgIpc) is 2.39. The predicted octanol–water partition coefficient (Wildman–Crippen LogP) is 1.86. The highest BCUT2D eigenvalue weighted by atomic mass is 16.5. The van der Waals surface area contributed by atoms with E-state index in [0.717, 1.165) is 12.8 Å². The summed E-state index contributed by atoms with van der Waals surface area (Å²) in [6.07, 6.45) is 1.84. The molecule has 0 heterocycles. The third-order valence-electron chi connectivity index (χ3n) is 2.97. The number of carbonyl (C=O) groups excluding carboxylic acids is 1. The fraction of sp³-hybridized carbons (Fsp3) is 0.467. The molecule has 0 fully saturated rings. The number of benzene rings is 1. The molecular weight excluding hydrogens is 258 g/mol. The van der Waals surface area contributed by atoms with E-state index >= 15 is 0 Å². The first-order valence-corrected chi connectivity index (χ1v) is 6.68. The maximum atomic E-state index is 12.0. The van der Waals surface area contributed by atoms with Crippen LogP contribution in [-0.2, 0) is 16.0 Å². The molecule has 2 N–H and O–H groups in total. The van der Waals surface area contributed by atoms with Crippen molar-refractivity contribution in [3.05, 3.63) is 35.4 Å². The summed E-state index contributed by atoms with van der Waals surface area (Å²) in [5, 5.41) is 12.0. The van der Waals surface area contributed by atoms with Gasteiger partial charge in [-0.25, -0.2) is 4.79 Å². The van der Waals surface area contributed by atoms with Crippen molar-refractivity contribution in [1.82, 2.24) is 5.32 Å². The van der Waals surface area contributed by atoms with E-state index in [0.29, 0.717) is 12.2 Å². The number of carboxylic acids is 1. The van der Waals surface area contributed by atoms with Crippen LogP contribution in [0.4, 0.5) is 0 Å². The van der Waals surface area contributed by atoms with Gasteiger partial charge in [0.05, 0.1) is 24.6 Å². The van der Waals surface area contributed by atoms with Gasteiger partial charge < -0.3 is 15.2 Å². The van der Waals surface area contributed by atoms with E-state index in [-0.39, 0.29) is 23.9 Å². The minimum absolute atomic E-state index is 0.0329. The molecule has 5 nitrogen and oxygen atoms in total. The van der Waals surface area contributed by atoms with Crippen LogP contribution in [0.1, 0.15) is 35.7 Å². The van der Waals surface area contributed by atoms with Crippen LogP contribution in [0.3, 0.4) is 0 Å². The maximum absolute atomic E-state index is 12.0. The van der Waals surface area contributed by atoms with Gasteiger partial charge >= 0.3 is 5.97 Å². The Kier molecular flexibility index (Phi) is 6.73. The summed E-state index contributed by atoms with van der Waals surface area (Å²) < 4.78 is 5.06. The first-order valence-electron chi connectivity index (χ1n) is 6.68. The van der Waals surface area contributed by atoms with Gasteiger partial charge in [0, 0.05) is 7.11 Å². The molecule has 0 aromatic heterocycles. The molecule has 20 heavy (non-hydrogen) atoms. The van der Waals surface area contributed by atoms with Crippen LogP contribution >= 0.6 is 0 Å². The van der Waals surface area contributed by atoms with Crippen molar-refractivity contribution in [2.24, 2.45) is 0 Å². The number of hydrogen-bond acceptors (Lipinski definition) is 3. The van der Waals surface area contributed by atoms with Crippen molar-refractivity contribution in [2.75, 3.05) is 13.7 Å². The van der Waals surface area contributed by atoms with Gasteiger partial charge in [-0.3, -0.25) is 4.79 Å². The molecule has 1 aromatic carbocycles. The first-order chi connectivity index (χ1) is 9.58. The summed E-state index contributed by atoms with van der Waals surface area (Å²) in [6, 6.07) is 6.51. The normalized spacial score (nSPS) is 11.9. The molecule has 1 atom stereocenters. The van der Waals surface area contributed by atoms with Gasteiger partial charge in [0.1, 0.15) is 0 Å². The fourth-order valence-electron chi connectivity index (χ4n) is 2.08. The van der Waals surface area contributed by atoms with Crippen molar-refractivity contribution in [1.29, 1.82) is 0 Å². The minimum Gasteiger partial charge on any atom is -0.478 e. The van der Waals surface area contributed by atoms with Gasteiger partial charge in [0.25, 0.3) is 0 Å². The monoisotopic (exact) mass is 279 g/mol. The Hall–Kier alpha value is -1.88. The SMILES string of the molecule is CCCC(COC)NC(=O)Cc1ccccc1C(=O)O. The maximum Gasteiger partial charge on any atom is 0.335 e. The predicted molar refractivity (Wildman–Crippen MR) is 75.8 cm³/mol. The van der Waals surface area contributed by atoms with Crippen LogP contribution in [-0.4, -0.2) is 36.7 Å². The Labute approximate surface area is 118 Å². The summed E-state index contributed by atoms with van der Waals surface area (Å²) in [7, 11) is 1.59. The topological polar surface area (TPSA) is 75.6 Å². The van der Waals surface area contributed by atoms with E-state index in [2.05, 4.69) is 5.32 Å². The second-order valence-electron chi connectivity index (χ2n) is 4.65. The van der Waals surface area contributed by atoms with Crippen molar-refractivity contribution in [3.8, 4) is 0 Å². The standard InChI is InChI=1S/C15H21NO4/c1-3-6-12(10-20-2)16-14(17)9-11-7-4-5-8-13(11)15(18)19/h4-5,7-8,12H,3,6,9-10H2,1-2H3,(H,16,17)(H,18,19). The second kappa shape index (κ2) is 8.32. The number of methoxy groups -OCH3 is 1. The summed E-state index contributed by atoms with van der Waals surface area (Å²) in [6.45, 7) is 2.49. The van der Waals surface area contributed by atoms with Crippen molar-refractivity contribution in [3.63, 3.8) is 0 Å². The molecule has 0 spiro atoms. The van der Waals surface area contributed by atoms with Gasteiger partial charge in [0.2, 0.25) is 5.91 Å². The molecule has 0 saturated carbocycles. The largest absolute Gasteiger partial charge is 0.478 e. The highest BCUT2D eigenvalue weighted by Crippen LogP contribution is 2.10. The van der Waals surface area contributed by atoms with Crippen molar-refractivity contribution < 1.29 is 19.4 Å². The molecule has 110 valence electrons. The Morgan fingerprint density at radius 1 is 1.35 bits per heavy atom. The number of aromatic carboxylic acids is 1. The van der Waals surface area contributed by atoms with E-state index < -0.39 is 5.97 Å². The lowest BCUT2D eigenvalue weighted by atomic mass is 10.0. The lowest BCUT2D eigenvalue weighted by molar-refractivity contribution is -0.121. The third-order valence-corrected chi connectivity index (χ3v) is 2.97. The third kappa shape index (κ3) is 5.01. The molecule has 1 unspecified atom stereocenters. The molecule has 0 bridgehead atoms. The number of amides is 1. The quantitative estimate of drug-likeness (QED) is 0.761. The molecule has 1 aromatic rings. The minimum atomic E-state index is -1.02. The number of rotatable bonds is 8. The number of carbonyl (C=O) groups is 2. The van der Waals surface area contributed by atoms with Gasteiger partial charge in [-0.05, 0) is 18.1 Å². The van der Waals surface area contributed by atoms with E-state index in [9.17, 15) is 9.59 Å². The Morgan fingerprint density at radius 3 is 2.65 bits per heavy atom. The summed E-state index contributed by atoms with van der Waals surface area (Å²) in [5.41, 5.74) is 0.687. The van der Waals surface area contributed by atoms with Crippen molar-refractivity contribution in [2.45, 2.75) is 32.2 Å². The Balaban J connectivity index is 2.68. The van der Waals surface area contributed by atoms with Crippen LogP contribution in [0.25, 0.3) is 0 Å². The molecule has 0 aliphatic rings. The highest BCUT2D eigenvalue weighted by Gasteiger charge is 2.15. The van der Waals surface area contributed by atoms with E-state index in [1.54, 1.807) is 25.3 Å². The van der Waals surface area contributed by atoms with Crippen LogP contribution < -0.4 is 5.32 Å². The van der Waals surface area contributed by atoms with E-state index in [1.807, 2.05) is 6.92 Å². The zero-order chi connectivity index (χ0) is 15.0. The van der Waals surface area contributed by atoms with Crippen LogP contribution in [0, 0.1) is 0 Å². The van der Waals surface area contributed by atoms with E-state index in [1.165, 1.54) is 6.07 Å². The average molecular weight is 279 g/mol. The summed E-state index contributed by atoms with van der Waals surface area (Å²) >= 11 is 0. The van der Waals surface area contributed by atoms with Gasteiger partial charge in [0.15, 0.2) is 0 Å². The highest BCUT2D eigenvalue weighted by molar-refractivity contribution is 5.91. The van der Waals surface area contributed by atoms with Gasteiger partial charge in [-0.2, -0.15) is 0 Å². The molecule has 0 radical (unpaired) electrons. The summed E-state index contributed by atoms with van der Waals surface area (Å²) in [4.78, 5) is 23.1. The smallest absolute Gasteiger partial charge is 0.335 e. The molecule has 0 aliphatic heterocycles. The van der Waals surface area contributed by atoms with Crippen LogP contribution in [0.2, 0.25) is 0 Å². The van der Waals surface area contributed by atoms with Crippen LogP contribution in [0.5, 0.6) is 0 Å². The molecule has 1 amide bonds. The zero-order valence-corrected chi connectivity index (χ0v) is 11.9. The van der Waals surface area contributed by atoms with Gasteiger partial charge in [-0.15, -0.1) is 0 Å². The number of nitrogens with one attached hydrogen (secondary N) is 1. The Morgan fingerprint density at radius 2 is 2.05 bits per heavy atom. The number of hydrogen-bond donors (Lipinski definition) is 2. The Bertz CT molecular complexity index is 453. The molecule has 0 saturated heterocycles. The lowest BCUT2D eigenvalue weighted by Crippen LogP contribution is -2.39. The number of ether oxygens (including phenoxy) is 1. The van der Waals surface area contributed by atoms with Gasteiger partial charge in [-0.1, -0.05) is 31.5 Å². The molecular formula is C15H21NO4. The summed E-state index contributed by atoms with van der Waals surface area (Å²) in [5.74, 6) is -1.20. The fourth-order valence-corrected chi connectivity index (χ4v) is 2.08. The first kappa shape index (κ1) is 16.2. The van der Waals surface area contributed by atoms with Crippen molar-refractivity contribution >= 4 is 11.9 Å². The van der Waals surface area contributed by atoms with Crippen LogP contribution in [0.15, 0.2) is 24.3 Å². The van der Waals surface area contributed by atoms with E-state index in [4.69, 9.17) is 9.84 Å². The second-order valence-corrected chi connectivity index (χ2v) is 4.65. The molecule has 5 heteroatoms. The number of carboxylic acid groups (broad SMARTS) is 1.